The number of halogens is 8. The van der Waals surface area contributed by atoms with Crippen molar-refractivity contribution in [1.82, 2.24) is 0 Å². The van der Waals surface area contributed by atoms with E-state index in [1.807, 2.05) is 0 Å². The molecule has 0 saturated carbocycles. The summed E-state index contributed by atoms with van der Waals surface area (Å²) in [6.07, 6.45) is -11.9. The lowest BCUT2D eigenvalue weighted by Crippen LogP contribution is -2.50. The minimum atomic E-state index is -6.30. The lowest BCUT2D eigenvalue weighted by Gasteiger charge is -2.30. The Morgan fingerprint density at radius 3 is 1.93 bits per heavy atom. The second-order valence-electron chi connectivity index (χ2n) is 8.63. The van der Waals surface area contributed by atoms with Crippen molar-refractivity contribution in [3.63, 3.8) is 0 Å². The van der Waals surface area contributed by atoms with Crippen molar-refractivity contribution in [2.24, 2.45) is 5.92 Å². The topological polar surface area (TPSA) is 80.3 Å². The Labute approximate surface area is 235 Å². The third kappa shape index (κ3) is 8.66. The first kappa shape index (κ1) is 39.5. The first-order valence-corrected chi connectivity index (χ1v) is 12.9. The molecule has 0 spiro atoms. The number of amides is 1. The molecule has 2 aromatic carbocycles. The van der Waals surface area contributed by atoms with Crippen molar-refractivity contribution in [3.8, 4) is 0 Å². The van der Waals surface area contributed by atoms with Gasteiger partial charge in [-0.2, -0.15) is 26.3 Å². The average Bonchev–Trinajstić information content (AvgIpc) is 2.71. The highest BCUT2D eigenvalue weighted by molar-refractivity contribution is 7.90. The summed E-state index contributed by atoms with van der Waals surface area (Å²) in [5, 5.41) is 2.14. The van der Waals surface area contributed by atoms with Crippen LogP contribution >= 0.6 is 11.6 Å². The van der Waals surface area contributed by atoms with Crippen molar-refractivity contribution in [3.05, 3.63) is 63.7 Å². The van der Waals surface area contributed by atoms with E-state index < -0.39 is 51.0 Å². The van der Waals surface area contributed by atoms with Gasteiger partial charge in [-0.25, -0.2) is 12.8 Å². The van der Waals surface area contributed by atoms with Gasteiger partial charge in [-0.15, -0.1) is 0 Å². The van der Waals surface area contributed by atoms with Crippen LogP contribution in [0.15, 0.2) is 36.4 Å². The van der Waals surface area contributed by atoms with Crippen LogP contribution < -0.4 is 5.32 Å². The number of sulfone groups is 1. The second kappa shape index (κ2) is 13.8. The molecule has 2 rings (SSSR count). The van der Waals surface area contributed by atoms with Gasteiger partial charge < -0.3 is 5.32 Å². The number of hydrogen-bond donors (Lipinski definition) is 1. The normalized spacial score (nSPS) is 12.8. The highest BCUT2D eigenvalue weighted by atomic mass is 35.5. The Morgan fingerprint density at radius 1 is 0.950 bits per heavy atom. The fourth-order valence-electron chi connectivity index (χ4n) is 3.69. The number of carbonyl (C=O) groups is 2. The van der Waals surface area contributed by atoms with E-state index in [9.17, 15) is 48.7 Å². The number of alkyl halides is 7. The van der Waals surface area contributed by atoms with Crippen LogP contribution in [0.1, 0.15) is 67.5 Å². The van der Waals surface area contributed by atoms with Crippen LogP contribution in [-0.4, -0.2) is 44.5 Å². The molecule has 0 aliphatic carbocycles. The molecule has 0 saturated heterocycles. The lowest BCUT2D eigenvalue weighted by molar-refractivity contribution is -0.348. The zero-order valence-corrected chi connectivity index (χ0v) is 21.1. The van der Waals surface area contributed by atoms with E-state index >= 15 is 0 Å². The van der Waals surface area contributed by atoms with Crippen LogP contribution in [0.5, 0.6) is 0 Å². The maximum absolute atomic E-state index is 14.3. The molecule has 0 fully saturated rings. The molecule has 0 heterocycles. The van der Waals surface area contributed by atoms with E-state index in [2.05, 4.69) is 5.32 Å². The molecule has 1 atom stereocenters. The Bertz CT molecular complexity index is 1300. The monoisotopic (exact) mass is 623 g/mol. The Hall–Kier alpha value is -2.67. The maximum atomic E-state index is 14.3. The first-order chi connectivity index (χ1) is 16.7. The molecular formula is C26H33ClF7NO4S. The SMILES string of the molecule is C.C.C.Cc1cc(C(F)(C(F)(F)F)C(F)(F)F)ccc1NC(=O)c1cccc(Cl)c1C(=O)C[C@@H](C)CS(C)(=O)=O. The summed E-state index contributed by atoms with van der Waals surface area (Å²) in [5.41, 5.74) is -8.43. The van der Waals surface area contributed by atoms with E-state index in [1.165, 1.54) is 25.1 Å². The number of carbonyl (C=O) groups excluding carboxylic acids is 2. The number of Topliss-reactive ketones (excluding diaryl/α,β-unsaturated/α-hetero) is 1. The van der Waals surface area contributed by atoms with Crippen molar-refractivity contribution >= 4 is 38.8 Å². The lowest BCUT2D eigenvalue weighted by atomic mass is 9.92. The summed E-state index contributed by atoms with van der Waals surface area (Å²) in [6.45, 7) is 2.57. The number of aryl methyl sites for hydroxylation is 1. The summed E-state index contributed by atoms with van der Waals surface area (Å²) in [5.74, 6) is -2.55. The standard InChI is InChI=1S/C23H21ClF7NO4S.3CH4/c1-12(11-37(3,35)36)9-18(33)19-15(5-4-6-16(19)24)20(34)32-17-8-7-14(10-13(17)2)21(25,22(26,27)28)23(29,30)31;;;/h4-8,10,12H,9,11H2,1-3H3,(H,32,34);3*1H4/t12-;;;/m1.../s1. The number of benzene rings is 2. The minimum absolute atomic E-state index is 0. The van der Waals surface area contributed by atoms with Crippen LogP contribution in [0.25, 0.3) is 0 Å². The predicted molar refractivity (Wildman–Crippen MR) is 143 cm³/mol. The van der Waals surface area contributed by atoms with Gasteiger partial charge >= 0.3 is 18.0 Å². The number of ketones is 1. The fourth-order valence-corrected chi connectivity index (χ4v) is 5.12. The van der Waals surface area contributed by atoms with Gasteiger partial charge in [0.2, 0.25) is 0 Å². The molecule has 0 bridgehead atoms. The Morgan fingerprint density at radius 2 is 1.48 bits per heavy atom. The van der Waals surface area contributed by atoms with Gasteiger partial charge in [-0.3, -0.25) is 9.59 Å². The Kier molecular flexibility index (Phi) is 13.6. The van der Waals surface area contributed by atoms with Crippen LogP contribution in [0.2, 0.25) is 5.02 Å². The number of anilines is 1. The molecule has 1 N–H and O–H groups in total. The molecule has 2 aromatic rings. The molecule has 0 aliphatic heterocycles. The summed E-state index contributed by atoms with van der Waals surface area (Å²) < 4.78 is 116. The summed E-state index contributed by atoms with van der Waals surface area (Å²) in [6, 6.07) is 5.08. The molecule has 0 unspecified atom stereocenters. The molecule has 40 heavy (non-hydrogen) atoms. The van der Waals surface area contributed by atoms with Gasteiger partial charge in [0.25, 0.3) is 5.91 Å². The van der Waals surface area contributed by atoms with Crippen molar-refractivity contribution < 1.29 is 48.7 Å². The van der Waals surface area contributed by atoms with Gasteiger partial charge in [-0.05, 0) is 36.6 Å². The highest BCUT2D eigenvalue weighted by Gasteiger charge is 2.73. The Balaban J connectivity index is 0. The summed E-state index contributed by atoms with van der Waals surface area (Å²) in [4.78, 5) is 25.7. The maximum Gasteiger partial charge on any atom is 0.435 e. The fraction of sp³-hybridized carbons (Fsp3) is 0.462. The minimum Gasteiger partial charge on any atom is -0.322 e. The smallest absolute Gasteiger partial charge is 0.322 e. The molecule has 228 valence electrons. The molecular weight excluding hydrogens is 591 g/mol. The van der Waals surface area contributed by atoms with Gasteiger partial charge in [0, 0.05) is 29.5 Å². The van der Waals surface area contributed by atoms with E-state index in [0.717, 1.165) is 13.2 Å². The molecule has 0 aromatic heterocycles. The van der Waals surface area contributed by atoms with Crippen LogP contribution in [0.3, 0.4) is 0 Å². The molecule has 0 aliphatic rings. The van der Waals surface area contributed by atoms with Crippen molar-refractivity contribution in [2.45, 2.75) is 60.6 Å². The third-order valence-corrected chi connectivity index (χ3v) is 6.80. The molecule has 1 amide bonds. The molecule has 5 nitrogen and oxygen atoms in total. The third-order valence-electron chi connectivity index (χ3n) is 5.31. The van der Waals surface area contributed by atoms with Gasteiger partial charge in [0.05, 0.1) is 16.3 Å². The second-order valence-corrected chi connectivity index (χ2v) is 11.2. The van der Waals surface area contributed by atoms with Crippen molar-refractivity contribution in [2.75, 3.05) is 17.3 Å². The summed E-state index contributed by atoms with van der Waals surface area (Å²) in [7, 11) is -3.40. The zero-order chi connectivity index (χ0) is 28.6. The van der Waals surface area contributed by atoms with Crippen LogP contribution in [0, 0.1) is 12.8 Å². The number of nitrogens with one attached hydrogen (secondary N) is 1. The van der Waals surface area contributed by atoms with Gasteiger partial charge in [-0.1, -0.05) is 59.0 Å². The summed E-state index contributed by atoms with van der Waals surface area (Å²) >= 11 is 6.10. The molecule has 14 heteroatoms. The van der Waals surface area contributed by atoms with E-state index in [4.69, 9.17) is 11.6 Å². The van der Waals surface area contributed by atoms with E-state index in [0.29, 0.717) is 12.1 Å². The largest absolute Gasteiger partial charge is 0.435 e. The average molecular weight is 624 g/mol. The zero-order valence-electron chi connectivity index (χ0n) is 19.5. The highest BCUT2D eigenvalue weighted by Crippen LogP contribution is 2.53. The van der Waals surface area contributed by atoms with Gasteiger partial charge in [0.1, 0.15) is 9.84 Å². The van der Waals surface area contributed by atoms with E-state index in [-0.39, 0.29) is 67.9 Å². The number of rotatable bonds is 8. The van der Waals surface area contributed by atoms with Crippen molar-refractivity contribution in [1.29, 1.82) is 0 Å². The van der Waals surface area contributed by atoms with Crippen LogP contribution in [0.4, 0.5) is 36.4 Å². The first-order valence-electron chi connectivity index (χ1n) is 10.4. The van der Waals surface area contributed by atoms with Gasteiger partial charge in [0.15, 0.2) is 5.78 Å². The van der Waals surface area contributed by atoms with E-state index in [1.54, 1.807) is 0 Å². The predicted octanol–water partition coefficient (Wildman–Crippen LogP) is 8.35. The number of hydrogen-bond acceptors (Lipinski definition) is 4. The van der Waals surface area contributed by atoms with Crippen LogP contribution in [-0.2, 0) is 15.5 Å². The molecule has 0 radical (unpaired) electrons. The quantitative estimate of drug-likeness (QED) is 0.237.